The van der Waals surface area contributed by atoms with E-state index < -0.39 is 0 Å². The Balaban J connectivity index is 0.000000131. The Morgan fingerprint density at radius 3 is 1.50 bits per heavy atom. The van der Waals surface area contributed by atoms with Gasteiger partial charge in [0.1, 0.15) is 0 Å². The van der Waals surface area contributed by atoms with Gasteiger partial charge in [0.15, 0.2) is 20.7 Å². The molecule has 5 aromatic rings. The number of aryl methyl sites for hydroxylation is 1. The average Bonchev–Trinajstić information content (AvgIpc) is 4.21. The van der Waals surface area contributed by atoms with Crippen molar-refractivity contribution in [1.29, 1.82) is 0 Å². The van der Waals surface area contributed by atoms with Crippen LogP contribution in [-0.4, -0.2) is 69.9 Å². The lowest BCUT2D eigenvalue weighted by Crippen LogP contribution is -2.27. The van der Waals surface area contributed by atoms with Crippen molar-refractivity contribution in [2.45, 2.75) is 45.4 Å². The molecule has 0 atom stereocenters. The fourth-order valence-electron chi connectivity index (χ4n) is 7.19. The number of fused-ring (bicyclic) bond motifs is 2. The number of aliphatic imine (C=N–C) groups is 4. The van der Waals surface area contributed by atoms with Crippen molar-refractivity contribution in [1.82, 2.24) is 21.7 Å². The summed E-state index contributed by atoms with van der Waals surface area (Å²) in [6, 6.07) is 32.4. The highest BCUT2D eigenvalue weighted by Gasteiger charge is 2.15. The molecule has 348 valence electrons. The summed E-state index contributed by atoms with van der Waals surface area (Å²) in [5.74, 6) is 4.62. The van der Waals surface area contributed by atoms with Gasteiger partial charge in [-0.15, -0.1) is 0 Å². The molecule has 0 radical (unpaired) electrons. The van der Waals surface area contributed by atoms with Gasteiger partial charge in [-0.1, -0.05) is 156 Å². The molecule has 1 aliphatic carbocycles. The van der Waals surface area contributed by atoms with Crippen molar-refractivity contribution in [2.24, 2.45) is 20.0 Å². The molecule has 0 bridgehead atoms. The summed E-state index contributed by atoms with van der Waals surface area (Å²) in [5, 5.41) is 8.10. The number of anilines is 4. The number of nitrogens with zero attached hydrogens (tertiary/aromatic N) is 4. The Labute approximate surface area is 419 Å². The van der Waals surface area contributed by atoms with Gasteiger partial charge in [0.05, 0.1) is 59.0 Å². The zero-order valence-corrected chi connectivity index (χ0v) is 42.4. The lowest BCUT2D eigenvalue weighted by Gasteiger charge is -2.20. The summed E-state index contributed by atoms with van der Waals surface area (Å²) in [6.45, 7) is 7.85. The van der Waals surface area contributed by atoms with Crippen LogP contribution in [-0.2, 0) is 12.8 Å². The minimum Gasteiger partial charge on any atom is -0.299 e. The number of halogens is 3. The maximum atomic E-state index is 6.22. The van der Waals surface area contributed by atoms with Gasteiger partial charge >= 0.3 is 0 Å². The van der Waals surface area contributed by atoms with E-state index in [4.69, 9.17) is 34.8 Å². The van der Waals surface area contributed by atoms with E-state index in [9.17, 15) is 0 Å². The van der Waals surface area contributed by atoms with Crippen LogP contribution in [0.3, 0.4) is 0 Å². The van der Waals surface area contributed by atoms with Gasteiger partial charge in [-0.2, -0.15) is 0 Å². The fourth-order valence-corrected chi connectivity index (χ4v) is 10.7. The van der Waals surface area contributed by atoms with Gasteiger partial charge < -0.3 is 0 Å². The zero-order chi connectivity index (χ0) is 45.9. The summed E-state index contributed by atoms with van der Waals surface area (Å²) in [6.07, 6.45) is 5.05. The van der Waals surface area contributed by atoms with Crippen LogP contribution in [0.15, 0.2) is 117 Å². The minimum absolute atomic E-state index is 0.381. The van der Waals surface area contributed by atoms with Gasteiger partial charge in [-0.3, -0.25) is 63.4 Å². The molecule has 5 aliphatic rings. The molecule has 10 rings (SSSR count). The first kappa shape index (κ1) is 49.6. The van der Waals surface area contributed by atoms with E-state index in [1.165, 1.54) is 53.3 Å². The second kappa shape index (κ2) is 26.3. The third-order valence-electron chi connectivity index (χ3n) is 10.3. The van der Waals surface area contributed by atoms with Gasteiger partial charge in [0.2, 0.25) is 0 Å². The number of hydrazine groups is 4. The monoisotopic (exact) mass is 1020 g/mol. The molecule has 4 heterocycles. The van der Waals surface area contributed by atoms with Crippen molar-refractivity contribution in [2.75, 3.05) is 70.9 Å². The Kier molecular flexibility index (Phi) is 19.8. The largest absolute Gasteiger partial charge is 0.299 e. The molecular formula is C47H55Cl3N12S4. The van der Waals surface area contributed by atoms with Crippen LogP contribution >= 0.6 is 81.9 Å². The molecule has 66 heavy (non-hydrogen) atoms. The number of rotatable bonds is 9. The summed E-state index contributed by atoms with van der Waals surface area (Å²) in [4.78, 5) is 17.3. The maximum Gasteiger partial charge on any atom is 0.175 e. The Morgan fingerprint density at radius 1 is 0.455 bits per heavy atom. The quantitative estimate of drug-likeness (QED) is 0.0665. The van der Waals surface area contributed by atoms with Crippen LogP contribution in [0, 0.1) is 0 Å². The highest BCUT2D eigenvalue weighted by atomic mass is 35.5. The topological polar surface area (TPSA) is 146 Å². The summed E-state index contributed by atoms with van der Waals surface area (Å²) >= 11 is 25.0. The van der Waals surface area contributed by atoms with E-state index in [1.807, 2.05) is 30.3 Å². The highest BCUT2D eigenvalue weighted by Crippen LogP contribution is 2.32. The van der Waals surface area contributed by atoms with E-state index in [-0.39, 0.29) is 0 Å². The molecule has 0 amide bonds. The smallest absolute Gasteiger partial charge is 0.175 e. The number of hydrogen-bond acceptors (Lipinski definition) is 16. The third-order valence-corrected chi connectivity index (χ3v) is 15.0. The van der Waals surface area contributed by atoms with Crippen molar-refractivity contribution in [3.05, 3.63) is 129 Å². The van der Waals surface area contributed by atoms with Crippen LogP contribution in [0.25, 0.3) is 10.8 Å². The molecule has 0 aromatic heterocycles. The lowest BCUT2D eigenvalue weighted by atomic mass is 9.91. The molecule has 4 aliphatic heterocycles. The lowest BCUT2D eigenvalue weighted by molar-refractivity contribution is 0.686. The van der Waals surface area contributed by atoms with Gasteiger partial charge in [0, 0.05) is 33.4 Å². The van der Waals surface area contributed by atoms with Crippen LogP contribution in [0.2, 0.25) is 15.1 Å². The highest BCUT2D eigenvalue weighted by molar-refractivity contribution is 8.14. The number of nitrogens with one attached hydrogen (secondary N) is 8. The predicted molar refractivity (Wildman–Crippen MR) is 295 cm³/mol. The van der Waals surface area contributed by atoms with E-state index in [0.717, 1.165) is 97.5 Å². The molecular weight excluding hydrogens is 967 g/mol. The molecule has 8 N–H and O–H groups in total. The van der Waals surface area contributed by atoms with Gasteiger partial charge in [0.25, 0.3) is 0 Å². The van der Waals surface area contributed by atoms with Gasteiger partial charge in [-0.25, -0.2) is 0 Å². The molecule has 0 saturated carbocycles. The molecule has 0 saturated heterocycles. The number of hydrogen-bond donors (Lipinski definition) is 8. The van der Waals surface area contributed by atoms with E-state index >= 15 is 0 Å². The SMILES string of the molecule is CC(C)c1c(Cl)cccc1NNC1=NCCS1.Clc1cccc(NNC2=NCCS2)c1Cl.c1cc2c(c(NNC3=NCCS3)c1)CCCC2.c1ccc2c(NNC3=NCCS3)cccc2c1. The van der Waals surface area contributed by atoms with Crippen molar-refractivity contribution in [3.8, 4) is 0 Å². The number of benzene rings is 5. The second-order valence-electron chi connectivity index (χ2n) is 15.3. The maximum absolute atomic E-state index is 6.22. The first-order valence-corrected chi connectivity index (χ1v) is 27.0. The standard InChI is InChI=1S/C13H17N3S.C13H13N3S.C12H16ClN3S.C9H9Cl2N3S/c2*1-2-6-11-10(4-1)5-3-7-12(11)15-16-13-14-8-9-17-13;1-8(2)11-9(13)4-3-5-10(11)15-16-12-14-6-7-17-12;10-6-2-1-3-7(8(6)11)13-14-9-12-4-5-15-9/h3,5,7,15H,1-2,4,6,8-9H2,(H,14,16);1-7,15H,8-9H2,(H,14,16);3-5,8,15H,6-7H2,1-2H3,(H,14,16);1-3,13H,4-5H2,(H,12,14). The van der Waals surface area contributed by atoms with Crippen molar-refractivity contribution >= 4 is 136 Å². The molecule has 5 aromatic carbocycles. The molecule has 0 unspecified atom stereocenters. The van der Waals surface area contributed by atoms with E-state index in [2.05, 4.69) is 138 Å². The normalized spacial score (nSPS) is 15.8. The Hall–Kier alpha value is -4.29. The summed E-state index contributed by atoms with van der Waals surface area (Å²) < 4.78 is 0. The fraction of sp³-hybridized carbons (Fsp3) is 0.319. The Bertz CT molecular complexity index is 2520. The van der Waals surface area contributed by atoms with Crippen LogP contribution < -0.4 is 43.4 Å². The molecule has 12 nitrogen and oxygen atoms in total. The zero-order valence-electron chi connectivity index (χ0n) is 36.9. The van der Waals surface area contributed by atoms with Crippen molar-refractivity contribution < 1.29 is 0 Å². The predicted octanol–water partition coefficient (Wildman–Crippen LogP) is 11.9. The van der Waals surface area contributed by atoms with Crippen molar-refractivity contribution in [3.63, 3.8) is 0 Å². The van der Waals surface area contributed by atoms with Gasteiger partial charge in [-0.05, 0) is 90.1 Å². The number of thioether (sulfide) groups is 4. The van der Waals surface area contributed by atoms with Crippen LogP contribution in [0.4, 0.5) is 22.7 Å². The second-order valence-corrected chi connectivity index (χ2v) is 20.8. The first-order valence-electron chi connectivity index (χ1n) is 21.9. The first-order chi connectivity index (χ1) is 32.3. The average molecular weight is 1020 g/mol. The summed E-state index contributed by atoms with van der Waals surface area (Å²) in [7, 11) is 0. The molecule has 0 fully saturated rings. The summed E-state index contributed by atoms with van der Waals surface area (Å²) in [5.41, 5.74) is 33.4. The van der Waals surface area contributed by atoms with E-state index in [0.29, 0.717) is 16.0 Å². The Morgan fingerprint density at radius 2 is 0.909 bits per heavy atom. The molecule has 19 heteroatoms. The minimum atomic E-state index is 0.381. The van der Waals surface area contributed by atoms with E-state index in [1.54, 1.807) is 53.1 Å². The van der Waals surface area contributed by atoms with Crippen LogP contribution in [0.1, 0.15) is 49.3 Å². The third kappa shape index (κ3) is 14.9. The molecule has 0 spiro atoms. The number of amidine groups is 4. The van der Waals surface area contributed by atoms with Crippen LogP contribution in [0.5, 0.6) is 0 Å².